The molecule has 1 saturated carbocycles. The highest BCUT2D eigenvalue weighted by molar-refractivity contribution is 9.10. The number of halogens is 1. The van der Waals surface area contributed by atoms with Gasteiger partial charge in [0.1, 0.15) is 5.69 Å². The van der Waals surface area contributed by atoms with Crippen LogP contribution < -0.4 is 0 Å². The number of hydrogen-bond donors (Lipinski definition) is 0. The molecule has 3 nitrogen and oxygen atoms in total. The third-order valence-corrected chi connectivity index (χ3v) is 4.40. The fourth-order valence-electron chi connectivity index (χ4n) is 2.72. The summed E-state index contributed by atoms with van der Waals surface area (Å²) in [7, 11) is 0. The number of carbonyl (C=O) groups excluding carboxylic acids is 1. The Balaban J connectivity index is 1.80. The van der Waals surface area contributed by atoms with Gasteiger partial charge in [0.25, 0.3) is 0 Å². The summed E-state index contributed by atoms with van der Waals surface area (Å²) in [5.74, 6) is 0.707. The van der Waals surface area contributed by atoms with Crippen molar-refractivity contribution in [3.05, 3.63) is 52.3 Å². The monoisotopic (exact) mass is 332 g/mol. The molecule has 1 aromatic carbocycles. The summed E-state index contributed by atoms with van der Waals surface area (Å²) in [5, 5.41) is 4.28. The molecule has 0 bridgehead atoms. The second-order valence-corrected chi connectivity index (χ2v) is 6.14. The van der Waals surface area contributed by atoms with Crippen LogP contribution in [-0.4, -0.2) is 15.6 Å². The van der Waals surface area contributed by atoms with Crippen LogP contribution in [0, 0.1) is 5.92 Å². The normalized spacial score (nSPS) is 20.9. The maximum atomic E-state index is 12.7. The van der Waals surface area contributed by atoms with E-state index in [0.717, 1.165) is 29.6 Å². The van der Waals surface area contributed by atoms with Crippen molar-refractivity contribution in [2.45, 2.75) is 32.2 Å². The molecule has 3 rings (SSSR count). The Morgan fingerprint density at radius 3 is 2.85 bits per heavy atom. The number of aromatic nitrogens is 2. The smallest absolute Gasteiger partial charge is 0.185 e. The number of rotatable bonds is 5. The Kier molecular flexibility index (Phi) is 3.74. The summed E-state index contributed by atoms with van der Waals surface area (Å²) in [6.07, 6.45) is 3.65. The minimum atomic E-state index is 0.112. The van der Waals surface area contributed by atoms with Gasteiger partial charge in [0.05, 0.1) is 10.7 Å². The molecular formula is C16H17BrN2O. The topological polar surface area (TPSA) is 34.9 Å². The summed E-state index contributed by atoms with van der Waals surface area (Å²) in [6, 6.07) is 10.3. The molecule has 1 heterocycles. The van der Waals surface area contributed by atoms with E-state index in [0.29, 0.717) is 5.92 Å². The van der Waals surface area contributed by atoms with Crippen LogP contribution in [-0.2, 0) is 6.54 Å². The van der Waals surface area contributed by atoms with Crippen molar-refractivity contribution in [2.24, 2.45) is 5.92 Å². The van der Waals surface area contributed by atoms with E-state index < -0.39 is 0 Å². The average Bonchev–Trinajstić information content (AvgIpc) is 3.19. The summed E-state index contributed by atoms with van der Waals surface area (Å²) in [5.41, 5.74) is 2.00. The van der Waals surface area contributed by atoms with Gasteiger partial charge in [-0.2, -0.15) is 5.10 Å². The Hall–Kier alpha value is -1.42. The number of nitrogens with zero attached hydrogens (tertiary/aromatic N) is 2. The van der Waals surface area contributed by atoms with Gasteiger partial charge in [-0.25, -0.2) is 0 Å². The number of aryl methyl sites for hydroxylation is 1. The Morgan fingerprint density at radius 2 is 2.15 bits per heavy atom. The largest absolute Gasteiger partial charge is 0.292 e. The lowest BCUT2D eigenvalue weighted by molar-refractivity contribution is 0.0953. The van der Waals surface area contributed by atoms with E-state index in [-0.39, 0.29) is 11.7 Å². The van der Waals surface area contributed by atoms with Crippen molar-refractivity contribution in [1.82, 2.24) is 9.78 Å². The molecule has 2 aromatic rings. The van der Waals surface area contributed by atoms with E-state index in [9.17, 15) is 4.79 Å². The van der Waals surface area contributed by atoms with E-state index in [4.69, 9.17) is 0 Å². The fourth-order valence-corrected chi connectivity index (χ4v) is 3.21. The third kappa shape index (κ3) is 2.44. The molecule has 0 radical (unpaired) electrons. The van der Waals surface area contributed by atoms with E-state index in [1.165, 1.54) is 5.56 Å². The minimum Gasteiger partial charge on any atom is -0.292 e. The predicted molar refractivity (Wildman–Crippen MR) is 81.8 cm³/mol. The summed E-state index contributed by atoms with van der Waals surface area (Å²) in [6.45, 7) is 2.88. The van der Waals surface area contributed by atoms with Crippen LogP contribution in [0.15, 0.2) is 41.0 Å². The van der Waals surface area contributed by atoms with Crippen LogP contribution in [0.5, 0.6) is 0 Å². The SMILES string of the molecule is CCCn1ncc(Br)c1C(=O)C1CC1c1ccccc1. The van der Waals surface area contributed by atoms with Crippen molar-refractivity contribution in [1.29, 1.82) is 0 Å². The summed E-state index contributed by atoms with van der Waals surface area (Å²) >= 11 is 3.46. The molecule has 0 aliphatic heterocycles. The highest BCUT2D eigenvalue weighted by Gasteiger charge is 2.45. The molecule has 0 N–H and O–H groups in total. The molecule has 20 heavy (non-hydrogen) atoms. The van der Waals surface area contributed by atoms with Crippen molar-refractivity contribution in [2.75, 3.05) is 0 Å². The molecule has 1 fully saturated rings. The van der Waals surface area contributed by atoms with Gasteiger partial charge in [-0.1, -0.05) is 37.3 Å². The number of carbonyl (C=O) groups is 1. The molecule has 2 unspecified atom stereocenters. The Bertz CT molecular complexity index is 621. The zero-order valence-corrected chi connectivity index (χ0v) is 13.0. The van der Waals surface area contributed by atoms with Gasteiger partial charge in [-0.3, -0.25) is 9.48 Å². The maximum Gasteiger partial charge on any atom is 0.185 e. The van der Waals surface area contributed by atoms with E-state index in [1.54, 1.807) is 6.20 Å². The van der Waals surface area contributed by atoms with Gasteiger partial charge in [0.2, 0.25) is 0 Å². The zero-order valence-electron chi connectivity index (χ0n) is 11.4. The summed E-state index contributed by atoms with van der Waals surface area (Å²) in [4.78, 5) is 12.7. The Labute approximate surface area is 127 Å². The van der Waals surface area contributed by atoms with Gasteiger partial charge in [-0.15, -0.1) is 0 Å². The standard InChI is InChI=1S/C16H17BrN2O/c1-2-8-19-15(14(17)10-18-19)16(20)13-9-12(13)11-6-4-3-5-7-11/h3-7,10,12-13H,2,8-9H2,1H3. The molecule has 0 saturated heterocycles. The van der Waals surface area contributed by atoms with Gasteiger partial charge in [0, 0.05) is 12.5 Å². The van der Waals surface area contributed by atoms with Crippen molar-refractivity contribution in [3.8, 4) is 0 Å². The highest BCUT2D eigenvalue weighted by Crippen LogP contribution is 2.49. The molecule has 104 valence electrons. The van der Waals surface area contributed by atoms with Crippen LogP contribution in [0.3, 0.4) is 0 Å². The first-order chi connectivity index (χ1) is 9.72. The highest BCUT2D eigenvalue weighted by atomic mass is 79.9. The zero-order chi connectivity index (χ0) is 14.1. The van der Waals surface area contributed by atoms with Crippen molar-refractivity contribution >= 4 is 21.7 Å². The number of hydrogen-bond acceptors (Lipinski definition) is 2. The van der Waals surface area contributed by atoms with Gasteiger partial charge in [0.15, 0.2) is 5.78 Å². The molecule has 1 aromatic heterocycles. The van der Waals surface area contributed by atoms with Crippen LogP contribution in [0.1, 0.15) is 41.7 Å². The molecule has 1 aliphatic carbocycles. The first-order valence-electron chi connectivity index (χ1n) is 7.02. The second kappa shape index (κ2) is 5.52. The molecular weight excluding hydrogens is 316 g/mol. The lowest BCUT2D eigenvalue weighted by atomic mass is 10.1. The average molecular weight is 333 g/mol. The molecule has 2 atom stereocenters. The van der Waals surface area contributed by atoms with Gasteiger partial charge >= 0.3 is 0 Å². The fraction of sp³-hybridized carbons (Fsp3) is 0.375. The van der Waals surface area contributed by atoms with Crippen LogP contribution in [0.2, 0.25) is 0 Å². The molecule has 4 heteroatoms. The minimum absolute atomic E-state index is 0.112. The lowest BCUT2D eigenvalue weighted by Gasteiger charge is -2.06. The molecule has 0 spiro atoms. The predicted octanol–water partition coefficient (Wildman–Crippen LogP) is 4.04. The maximum absolute atomic E-state index is 12.7. The number of benzene rings is 1. The van der Waals surface area contributed by atoms with Gasteiger partial charge in [-0.05, 0) is 40.3 Å². The second-order valence-electron chi connectivity index (χ2n) is 5.29. The van der Waals surface area contributed by atoms with Crippen LogP contribution in [0.4, 0.5) is 0 Å². The number of Topliss-reactive ketones (excluding diaryl/α,β-unsaturated/α-hetero) is 1. The van der Waals surface area contributed by atoms with Crippen LogP contribution in [0.25, 0.3) is 0 Å². The van der Waals surface area contributed by atoms with Crippen LogP contribution >= 0.6 is 15.9 Å². The first kappa shape index (κ1) is 13.6. The molecule has 0 amide bonds. The van der Waals surface area contributed by atoms with Crippen molar-refractivity contribution in [3.63, 3.8) is 0 Å². The number of ketones is 1. The molecule has 1 aliphatic rings. The Morgan fingerprint density at radius 1 is 1.40 bits per heavy atom. The van der Waals surface area contributed by atoms with Gasteiger partial charge < -0.3 is 0 Å². The third-order valence-electron chi connectivity index (χ3n) is 3.82. The van der Waals surface area contributed by atoms with E-state index >= 15 is 0 Å². The van der Waals surface area contributed by atoms with E-state index in [1.807, 2.05) is 22.9 Å². The first-order valence-corrected chi connectivity index (χ1v) is 7.82. The lowest BCUT2D eigenvalue weighted by Crippen LogP contribution is -2.13. The van der Waals surface area contributed by atoms with E-state index in [2.05, 4.69) is 40.1 Å². The summed E-state index contributed by atoms with van der Waals surface area (Å²) < 4.78 is 2.64. The quantitative estimate of drug-likeness (QED) is 0.774. The van der Waals surface area contributed by atoms with Crippen molar-refractivity contribution < 1.29 is 4.79 Å².